The maximum absolute atomic E-state index is 13.8. The Balaban J connectivity index is 1.28. The summed E-state index contributed by atoms with van der Waals surface area (Å²) < 4.78 is 15.6. The molecular formula is C25H25FN6O. The van der Waals surface area contributed by atoms with Crippen LogP contribution in [0.5, 0.6) is 0 Å². The largest absolute Gasteiger partial charge is 0.323 e. The summed E-state index contributed by atoms with van der Waals surface area (Å²) in [5.41, 5.74) is 6.24. The number of aryl methyl sites for hydroxylation is 2. The number of aromatic nitrogens is 3. The molecule has 8 heteroatoms. The van der Waals surface area contributed by atoms with E-state index in [9.17, 15) is 9.18 Å². The number of carbonyl (C=O) groups is 1. The Morgan fingerprint density at radius 3 is 2.76 bits per heavy atom. The van der Waals surface area contributed by atoms with E-state index in [2.05, 4.69) is 37.7 Å². The number of fused-ring (bicyclic) bond motifs is 2. The number of benzene rings is 2. The number of hydrogen-bond acceptors (Lipinski definition) is 4. The lowest BCUT2D eigenvalue weighted by atomic mass is 9.97. The number of amides is 2. The molecule has 2 amide bonds. The molecule has 0 saturated carbocycles. The number of pyridine rings is 1. The van der Waals surface area contributed by atoms with Gasteiger partial charge in [0.2, 0.25) is 0 Å². The normalized spacial score (nSPS) is 13.7. The average molecular weight is 445 g/mol. The molecule has 7 nitrogen and oxygen atoms in total. The summed E-state index contributed by atoms with van der Waals surface area (Å²) in [4.78, 5) is 19.4. The van der Waals surface area contributed by atoms with Gasteiger partial charge in [0.1, 0.15) is 5.82 Å². The Morgan fingerprint density at radius 2 is 1.91 bits per heavy atom. The third kappa shape index (κ3) is 4.29. The van der Waals surface area contributed by atoms with Crippen LogP contribution in [-0.4, -0.2) is 32.2 Å². The molecule has 3 heterocycles. The highest BCUT2D eigenvalue weighted by molar-refractivity contribution is 6.00. The van der Waals surface area contributed by atoms with Crippen molar-refractivity contribution in [2.24, 2.45) is 7.05 Å². The molecule has 0 saturated heterocycles. The second-order valence-electron chi connectivity index (χ2n) is 8.39. The number of halogens is 1. The fourth-order valence-corrected chi connectivity index (χ4v) is 4.45. The number of anilines is 2. The summed E-state index contributed by atoms with van der Waals surface area (Å²) >= 11 is 0. The predicted molar refractivity (Wildman–Crippen MR) is 127 cm³/mol. The van der Waals surface area contributed by atoms with E-state index in [1.165, 1.54) is 17.7 Å². The second kappa shape index (κ2) is 8.63. The molecule has 0 bridgehead atoms. The molecule has 1 aliphatic rings. The van der Waals surface area contributed by atoms with Gasteiger partial charge in [0.05, 0.1) is 11.4 Å². The maximum atomic E-state index is 13.8. The molecule has 0 atom stereocenters. The molecule has 2 aromatic heterocycles. The van der Waals surface area contributed by atoms with Crippen molar-refractivity contribution in [2.45, 2.75) is 26.4 Å². The van der Waals surface area contributed by atoms with Crippen LogP contribution >= 0.6 is 0 Å². The van der Waals surface area contributed by atoms with Gasteiger partial charge in [0.25, 0.3) is 0 Å². The second-order valence-corrected chi connectivity index (χ2v) is 8.39. The molecule has 0 spiro atoms. The lowest BCUT2D eigenvalue weighted by Gasteiger charge is -2.30. The fraction of sp³-hybridized carbons (Fsp3) is 0.240. The van der Waals surface area contributed by atoms with Crippen LogP contribution in [-0.2, 0) is 26.6 Å². The van der Waals surface area contributed by atoms with Crippen molar-refractivity contribution in [3.8, 4) is 0 Å². The molecule has 2 N–H and O–H groups in total. The Bertz CT molecular complexity index is 1350. The van der Waals surface area contributed by atoms with E-state index in [1.54, 1.807) is 12.1 Å². The number of nitrogens with zero attached hydrogens (tertiary/aromatic N) is 4. The quantitative estimate of drug-likeness (QED) is 0.482. The van der Waals surface area contributed by atoms with Gasteiger partial charge in [-0.1, -0.05) is 24.3 Å². The zero-order valence-electron chi connectivity index (χ0n) is 18.6. The van der Waals surface area contributed by atoms with Gasteiger partial charge in [-0.3, -0.25) is 9.58 Å². The van der Waals surface area contributed by atoms with Crippen molar-refractivity contribution in [1.82, 2.24) is 19.7 Å². The third-order valence-electron chi connectivity index (χ3n) is 6.04. The van der Waals surface area contributed by atoms with Crippen LogP contribution in [0.15, 0.2) is 54.7 Å². The van der Waals surface area contributed by atoms with Crippen LogP contribution in [0.3, 0.4) is 0 Å². The molecule has 168 valence electrons. The van der Waals surface area contributed by atoms with Gasteiger partial charge in [-0.15, -0.1) is 0 Å². The van der Waals surface area contributed by atoms with E-state index in [-0.39, 0.29) is 5.69 Å². The number of urea groups is 1. The van der Waals surface area contributed by atoms with Crippen molar-refractivity contribution < 1.29 is 9.18 Å². The summed E-state index contributed by atoms with van der Waals surface area (Å²) in [5, 5.41) is 11.0. The summed E-state index contributed by atoms with van der Waals surface area (Å²) in [5.74, 6) is -0.465. The van der Waals surface area contributed by atoms with E-state index in [1.807, 2.05) is 37.0 Å². The fourth-order valence-electron chi connectivity index (χ4n) is 4.45. The van der Waals surface area contributed by atoms with Gasteiger partial charge in [-0.2, -0.15) is 5.10 Å². The van der Waals surface area contributed by atoms with Crippen molar-refractivity contribution in [3.63, 3.8) is 0 Å². The molecule has 0 aliphatic carbocycles. The number of nitrogens with one attached hydrogen (secondary N) is 2. The van der Waals surface area contributed by atoms with Gasteiger partial charge >= 0.3 is 6.03 Å². The van der Waals surface area contributed by atoms with Crippen molar-refractivity contribution in [2.75, 3.05) is 17.2 Å². The Kier molecular flexibility index (Phi) is 5.51. The van der Waals surface area contributed by atoms with E-state index >= 15 is 0 Å². The van der Waals surface area contributed by atoms with E-state index in [0.29, 0.717) is 0 Å². The Labute approximate surface area is 191 Å². The lowest BCUT2D eigenvalue weighted by Crippen LogP contribution is -2.31. The number of rotatable bonds is 4. The van der Waals surface area contributed by atoms with Crippen LogP contribution in [0.1, 0.15) is 22.4 Å². The topological polar surface area (TPSA) is 75.1 Å². The first kappa shape index (κ1) is 21.1. The molecule has 0 unspecified atom stereocenters. The molecule has 5 rings (SSSR count). The first-order valence-corrected chi connectivity index (χ1v) is 10.9. The zero-order chi connectivity index (χ0) is 22.9. The zero-order valence-corrected chi connectivity index (χ0v) is 18.6. The van der Waals surface area contributed by atoms with Crippen LogP contribution < -0.4 is 10.6 Å². The molecular weight excluding hydrogens is 419 g/mol. The van der Waals surface area contributed by atoms with E-state index in [4.69, 9.17) is 0 Å². The minimum Gasteiger partial charge on any atom is -0.307 e. The van der Waals surface area contributed by atoms with Crippen LogP contribution in [0.2, 0.25) is 0 Å². The highest BCUT2D eigenvalue weighted by Gasteiger charge is 2.20. The Morgan fingerprint density at radius 1 is 1.12 bits per heavy atom. The van der Waals surface area contributed by atoms with Crippen molar-refractivity contribution in [1.29, 1.82) is 0 Å². The number of hydrogen-bond donors (Lipinski definition) is 2. The van der Waals surface area contributed by atoms with Crippen LogP contribution in [0.4, 0.5) is 20.6 Å². The summed E-state index contributed by atoms with van der Waals surface area (Å²) in [6, 6.07) is 13.8. The highest BCUT2D eigenvalue weighted by Crippen LogP contribution is 2.28. The van der Waals surface area contributed by atoms with Crippen molar-refractivity contribution >= 4 is 28.4 Å². The summed E-state index contributed by atoms with van der Waals surface area (Å²) in [6.45, 7) is 4.44. The van der Waals surface area contributed by atoms with E-state index in [0.717, 1.165) is 59.6 Å². The first-order valence-electron chi connectivity index (χ1n) is 10.9. The number of carbonyl (C=O) groups excluding carboxylic acids is 1. The van der Waals surface area contributed by atoms with E-state index < -0.39 is 11.8 Å². The van der Waals surface area contributed by atoms with Gasteiger partial charge in [-0.05, 0) is 54.3 Å². The molecule has 2 aromatic carbocycles. The average Bonchev–Trinajstić information content (AvgIpc) is 3.08. The molecule has 33 heavy (non-hydrogen) atoms. The smallest absolute Gasteiger partial charge is 0.307 e. The SMILES string of the molecule is Cc1nn(C)c2ncc(CN3CCc4c(cccc4NC(=O)Nc4ccccc4F)C3)cc12. The molecule has 4 aromatic rings. The van der Waals surface area contributed by atoms with Gasteiger partial charge < -0.3 is 10.6 Å². The summed E-state index contributed by atoms with van der Waals surface area (Å²) in [7, 11) is 1.91. The van der Waals surface area contributed by atoms with Crippen molar-refractivity contribution in [3.05, 3.63) is 82.9 Å². The minimum absolute atomic E-state index is 0.153. The van der Waals surface area contributed by atoms with Crippen LogP contribution in [0.25, 0.3) is 11.0 Å². The predicted octanol–water partition coefficient (Wildman–Crippen LogP) is 4.62. The van der Waals surface area contributed by atoms with Gasteiger partial charge in [0.15, 0.2) is 5.65 Å². The molecule has 0 fully saturated rings. The number of para-hydroxylation sites is 1. The highest BCUT2D eigenvalue weighted by atomic mass is 19.1. The lowest BCUT2D eigenvalue weighted by molar-refractivity contribution is 0.245. The van der Waals surface area contributed by atoms with Gasteiger partial charge in [-0.25, -0.2) is 14.2 Å². The molecule has 0 radical (unpaired) electrons. The minimum atomic E-state index is -0.465. The first-order chi connectivity index (χ1) is 16.0. The Hall–Kier alpha value is -3.78. The molecule has 1 aliphatic heterocycles. The monoisotopic (exact) mass is 444 g/mol. The standard InChI is InChI=1S/C25H25FN6O/c1-16-20-12-17(13-27-24(20)31(2)30-16)14-32-11-10-19-18(15-32)6-5-9-22(19)28-25(33)29-23-8-4-3-7-21(23)26/h3-9,12-13H,10-11,14-15H2,1-2H3,(H2,28,29,33). The van der Waals surface area contributed by atoms with Gasteiger partial charge in [0, 0.05) is 44.0 Å². The maximum Gasteiger partial charge on any atom is 0.323 e. The third-order valence-corrected chi connectivity index (χ3v) is 6.04. The van der Waals surface area contributed by atoms with Crippen LogP contribution in [0, 0.1) is 12.7 Å². The summed E-state index contributed by atoms with van der Waals surface area (Å²) in [6.07, 6.45) is 2.73.